The predicted molar refractivity (Wildman–Crippen MR) is 71.9 cm³/mol. The molecule has 112 valence electrons. The summed E-state index contributed by atoms with van der Waals surface area (Å²) >= 11 is 1.81. The van der Waals surface area contributed by atoms with E-state index in [1.165, 1.54) is 0 Å². The third-order valence-corrected chi connectivity index (χ3v) is 3.08. The van der Waals surface area contributed by atoms with Crippen LogP contribution in [0.2, 0.25) is 0 Å². The highest BCUT2D eigenvalue weighted by molar-refractivity contribution is 14.1. The van der Waals surface area contributed by atoms with Gasteiger partial charge in [-0.25, -0.2) is 4.98 Å². The quantitative estimate of drug-likeness (QED) is 0.463. The number of aromatic nitrogens is 1. The third kappa shape index (κ3) is 5.12. The van der Waals surface area contributed by atoms with Gasteiger partial charge in [0.25, 0.3) is 0 Å². The largest absolute Gasteiger partial charge is 0.573 e. The molecule has 0 unspecified atom stereocenters. The Labute approximate surface area is 126 Å². The number of carbonyl (C=O) groups is 1. The summed E-state index contributed by atoms with van der Waals surface area (Å²) in [6.45, 7) is 1.62. The number of nitrogens with two attached hydrogens (primary N) is 1. The van der Waals surface area contributed by atoms with Gasteiger partial charge in [0.05, 0.1) is 18.7 Å². The molecule has 0 atom stereocenters. The fourth-order valence-electron chi connectivity index (χ4n) is 1.40. The van der Waals surface area contributed by atoms with E-state index in [1.807, 2.05) is 22.6 Å². The van der Waals surface area contributed by atoms with Gasteiger partial charge in [0, 0.05) is 6.54 Å². The Balaban J connectivity index is 3.07. The molecule has 0 aliphatic heterocycles. The van der Waals surface area contributed by atoms with Crippen LogP contribution in [0.4, 0.5) is 13.2 Å². The second kappa shape index (κ2) is 7.07. The summed E-state index contributed by atoms with van der Waals surface area (Å²) in [6, 6.07) is 1.11. The first-order valence-corrected chi connectivity index (χ1v) is 6.64. The van der Waals surface area contributed by atoms with E-state index in [9.17, 15) is 18.0 Å². The fraction of sp³-hybridized carbons (Fsp3) is 0.455. The van der Waals surface area contributed by atoms with Crippen molar-refractivity contribution < 1.29 is 27.4 Å². The zero-order chi connectivity index (χ0) is 15.3. The minimum atomic E-state index is -4.85. The number of carbonyl (C=O) groups excluding carboxylic acids is 1. The Morgan fingerprint density at radius 3 is 2.65 bits per heavy atom. The molecule has 1 rings (SSSR count). The summed E-state index contributed by atoms with van der Waals surface area (Å²) < 4.78 is 45.9. The number of ether oxygens (including phenoxy) is 2. The highest BCUT2D eigenvalue weighted by Crippen LogP contribution is 2.28. The number of halogens is 4. The number of alkyl halides is 3. The van der Waals surface area contributed by atoms with Crippen molar-refractivity contribution in [1.29, 1.82) is 0 Å². The minimum Gasteiger partial charge on any atom is -0.466 e. The summed E-state index contributed by atoms with van der Waals surface area (Å²) in [7, 11) is 0. The Hall–Kier alpha value is -1.10. The van der Waals surface area contributed by atoms with Crippen LogP contribution >= 0.6 is 22.6 Å². The summed E-state index contributed by atoms with van der Waals surface area (Å²) in [4.78, 5) is 15.3. The molecule has 0 saturated carbocycles. The van der Waals surface area contributed by atoms with Gasteiger partial charge in [-0.05, 0) is 41.1 Å². The number of rotatable bonds is 5. The number of pyridine rings is 1. The van der Waals surface area contributed by atoms with Crippen LogP contribution < -0.4 is 10.5 Å². The maximum Gasteiger partial charge on any atom is 0.573 e. The second-order valence-corrected chi connectivity index (χ2v) is 4.64. The van der Waals surface area contributed by atoms with Crippen LogP contribution in [0, 0.1) is 3.70 Å². The van der Waals surface area contributed by atoms with E-state index in [-0.39, 0.29) is 25.3 Å². The van der Waals surface area contributed by atoms with Gasteiger partial charge in [-0.2, -0.15) is 0 Å². The number of nitrogens with zero attached hydrogens (tertiary/aromatic N) is 1. The Morgan fingerprint density at radius 1 is 1.50 bits per heavy atom. The van der Waals surface area contributed by atoms with Gasteiger partial charge >= 0.3 is 12.3 Å². The average molecular weight is 404 g/mol. The first kappa shape index (κ1) is 17.0. The summed E-state index contributed by atoms with van der Waals surface area (Å²) in [5.74, 6) is -1.05. The maximum absolute atomic E-state index is 12.3. The van der Waals surface area contributed by atoms with E-state index in [0.717, 1.165) is 6.07 Å². The van der Waals surface area contributed by atoms with Crippen molar-refractivity contribution in [1.82, 2.24) is 4.98 Å². The standard InChI is InChI=1S/C11H12F3IN2O3/c1-2-19-9(18)4-6-3-8(20-11(12,13)14)7(5-16)17-10(6)15/h3H,2,4-5,16H2,1H3. The first-order valence-electron chi connectivity index (χ1n) is 5.56. The fourth-order valence-corrected chi connectivity index (χ4v) is 2.03. The summed E-state index contributed by atoms with van der Waals surface area (Å²) in [5, 5.41) is 0. The molecule has 0 fully saturated rings. The van der Waals surface area contributed by atoms with Crippen LogP contribution in [0.5, 0.6) is 5.75 Å². The molecule has 0 bridgehead atoms. The van der Waals surface area contributed by atoms with E-state index in [1.54, 1.807) is 6.92 Å². The predicted octanol–water partition coefficient (Wildman–Crippen LogP) is 2.15. The molecule has 9 heteroatoms. The monoisotopic (exact) mass is 404 g/mol. The van der Waals surface area contributed by atoms with Crippen LogP contribution in [0.15, 0.2) is 6.07 Å². The average Bonchev–Trinajstić information content (AvgIpc) is 2.31. The smallest absolute Gasteiger partial charge is 0.466 e. The zero-order valence-electron chi connectivity index (χ0n) is 10.5. The lowest BCUT2D eigenvalue weighted by atomic mass is 10.2. The van der Waals surface area contributed by atoms with Gasteiger partial charge < -0.3 is 15.2 Å². The van der Waals surface area contributed by atoms with Crippen molar-refractivity contribution in [3.63, 3.8) is 0 Å². The first-order chi connectivity index (χ1) is 9.26. The van der Waals surface area contributed by atoms with Gasteiger partial charge in [-0.15, -0.1) is 13.2 Å². The summed E-state index contributed by atoms with van der Waals surface area (Å²) in [6.07, 6.45) is -5.03. The molecule has 1 heterocycles. The van der Waals surface area contributed by atoms with Crippen molar-refractivity contribution in [2.75, 3.05) is 6.61 Å². The minimum absolute atomic E-state index is 0.0284. The SMILES string of the molecule is CCOC(=O)Cc1cc(OC(F)(F)F)c(CN)nc1I. The molecule has 1 aromatic rings. The molecule has 0 amide bonds. The Bertz CT molecular complexity index is 495. The lowest BCUT2D eigenvalue weighted by Gasteiger charge is -2.14. The topological polar surface area (TPSA) is 74.4 Å². The molecule has 2 N–H and O–H groups in total. The van der Waals surface area contributed by atoms with Crippen LogP contribution in [0.3, 0.4) is 0 Å². The van der Waals surface area contributed by atoms with Crippen molar-refractivity contribution in [3.05, 3.63) is 21.0 Å². The highest BCUT2D eigenvalue weighted by atomic mass is 127. The molecule has 0 spiro atoms. The molecule has 0 radical (unpaired) electrons. The van der Waals surface area contributed by atoms with Gasteiger partial charge in [0.1, 0.15) is 3.70 Å². The van der Waals surface area contributed by atoms with Gasteiger partial charge in [0.2, 0.25) is 0 Å². The van der Waals surface area contributed by atoms with E-state index >= 15 is 0 Å². The lowest BCUT2D eigenvalue weighted by molar-refractivity contribution is -0.275. The molecular weight excluding hydrogens is 392 g/mol. The normalized spacial score (nSPS) is 11.3. The molecule has 0 aliphatic rings. The molecular formula is C11H12F3IN2O3. The van der Waals surface area contributed by atoms with E-state index in [4.69, 9.17) is 10.5 Å². The maximum atomic E-state index is 12.3. The second-order valence-electron chi connectivity index (χ2n) is 3.62. The van der Waals surface area contributed by atoms with E-state index in [0.29, 0.717) is 9.26 Å². The van der Waals surface area contributed by atoms with Gasteiger partial charge in [-0.1, -0.05) is 0 Å². The van der Waals surface area contributed by atoms with Crippen LogP contribution in [0.25, 0.3) is 0 Å². The molecule has 0 aliphatic carbocycles. The van der Waals surface area contributed by atoms with Gasteiger partial charge in [0.15, 0.2) is 5.75 Å². The van der Waals surface area contributed by atoms with Crippen LogP contribution in [-0.2, 0) is 22.5 Å². The number of esters is 1. The molecule has 1 aromatic heterocycles. The van der Waals surface area contributed by atoms with Crippen LogP contribution in [0.1, 0.15) is 18.2 Å². The van der Waals surface area contributed by atoms with Crippen molar-refractivity contribution in [2.24, 2.45) is 5.73 Å². The Morgan fingerprint density at radius 2 is 2.15 bits per heavy atom. The third-order valence-electron chi connectivity index (χ3n) is 2.15. The Kier molecular flexibility index (Phi) is 5.99. The lowest BCUT2D eigenvalue weighted by Crippen LogP contribution is -2.20. The molecule has 0 aromatic carbocycles. The van der Waals surface area contributed by atoms with Crippen molar-refractivity contribution in [3.8, 4) is 5.75 Å². The highest BCUT2D eigenvalue weighted by Gasteiger charge is 2.32. The summed E-state index contributed by atoms with van der Waals surface area (Å²) in [5.41, 5.74) is 5.60. The molecule has 0 saturated heterocycles. The van der Waals surface area contributed by atoms with Crippen LogP contribution in [-0.4, -0.2) is 23.9 Å². The zero-order valence-corrected chi connectivity index (χ0v) is 12.6. The number of hydrogen-bond donors (Lipinski definition) is 1. The van der Waals surface area contributed by atoms with Crippen molar-refractivity contribution >= 4 is 28.6 Å². The molecule has 5 nitrogen and oxygen atoms in total. The van der Waals surface area contributed by atoms with Gasteiger partial charge in [-0.3, -0.25) is 4.79 Å². The number of hydrogen-bond acceptors (Lipinski definition) is 5. The van der Waals surface area contributed by atoms with Crippen molar-refractivity contribution in [2.45, 2.75) is 26.3 Å². The van der Waals surface area contributed by atoms with E-state index in [2.05, 4.69) is 9.72 Å². The van der Waals surface area contributed by atoms with E-state index < -0.39 is 18.1 Å². The molecule has 20 heavy (non-hydrogen) atoms.